The fourth-order valence-corrected chi connectivity index (χ4v) is 3.69. The molecule has 0 aliphatic carbocycles. The summed E-state index contributed by atoms with van der Waals surface area (Å²) in [5.41, 5.74) is 1.24. The summed E-state index contributed by atoms with van der Waals surface area (Å²) in [5, 5.41) is 0.818. The van der Waals surface area contributed by atoms with E-state index < -0.39 is 11.7 Å². The van der Waals surface area contributed by atoms with E-state index in [1.54, 1.807) is 43.1 Å². The van der Waals surface area contributed by atoms with Gasteiger partial charge in [0.2, 0.25) is 0 Å². The van der Waals surface area contributed by atoms with Crippen molar-refractivity contribution in [2.24, 2.45) is 7.05 Å². The Morgan fingerprint density at radius 3 is 2.61 bits per heavy atom. The lowest BCUT2D eigenvalue weighted by Gasteiger charge is -2.19. The van der Waals surface area contributed by atoms with Gasteiger partial charge >= 0.3 is 6.18 Å². The van der Waals surface area contributed by atoms with Crippen LogP contribution in [0.4, 0.5) is 13.2 Å². The number of fused-ring (bicyclic) bond motifs is 1. The fraction of sp³-hybridized carbons (Fsp3) is 0.381. The maximum absolute atomic E-state index is 13.5. The molecule has 4 nitrogen and oxygen atoms in total. The van der Waals surface area contributed by atoms with Gasteiger partial charge in [0.25, 0.3) is 5.56 Å². The van der Waals surface area contributed by atoms with Gasteiger partial charge in [-0.05, 0) is 48.9 Å². The molecule has 0 bridgehead atoms. The largest absolute Gasteiger partial charge is 0.418 e. The molecule has 7 heteroatoms. The first-order valence-corrected chi connectivity index (χ1v) is 9.13. The zero-order valence-corrected chi connectivity index (χ0v) is 16.3. The second-order valence-corrected chi connectivity index (χ2v) is 7.08. The predicted molar refractivity (Wildman–Crippen MR) is 102 cm³/mol. The summed E-state index contributed by atoms with van der Waals surface area (Å²) >= 11 is 0. The van der Waals surface area contributed by atoms with Gasteiger partial charge in [-0.1, -0.05) is 13.8 Å². The van der Waals surface area contributed by atoms with Crippen molar-refractivity contribution in [2.45, 2.75) is 45.7 Å². The highest BCUT2D eigenvalue weighted by atomic mass is 19.4. The molecule has 0 fully saturated rings. The summed E-state index contributed by atoms with van der Waals surface area (Å²) in [6, 6.07) is 3.54. The minimum Gasteiger partial charge on any atom is -0.311 e. The third kappa shape index (κ3) is 3.53. The second kappa shape index (κ2) is 7.37. The first-order valence-electron chi connectivity index (χ1n) is 9.13. The van der Waals surface area contributed by atoms with Gasteiger partial charge in [-0.3, -0.25) is 14.8 Å². The van der Waals surface area contributed by atoms with Crippen LogP contribution in [0.15, 0.2) is 35.5 Å². The Labute approximate surface area is 161 Å². The number of halogens is 3. The van der Waals surface area contributed by atoms with Crippen LogP contribution >= 0.6 is 0 Å². The molecule has 3 aromatic heterocycles. The minimum absolute atomic E-state index is 0.0501. The van der Waals surface area contributed by atoms with Crippen molar-refractivity contribution in [1.82, 2.24) is 14.5 Å². The number of rotatable bonds is 4. The van der Waals surface area contributed by atoms with E-state index in [4.69, 9.17) is 0 Å². The molecule has 0 aliphatic heterocycles. The molecule has 3 rings (SSSR count). The first-order chi connectivity index (χ1) is 13.1. The Morgan fingerprint density at radius 2 is 1.96 bits per heavy atom. The molecular formula is C21H22F3N3O. The summed E-state index contributed by atoms with van der Waals surface area (Å²) in [7, 11) is 1.69. The van der Waals surface area contributed by atoms with Crippen molar-refractivity contribution in [3.63, 3.8) is 0 Å². The van der Waals surface area contributed by atoms with Gasteiger partial charge in [0.1, 0.15) is 0 Å². The molecule has 1 atom stereocenters. The van der Waals surface area contributed by atoms with E-state index in [0.29, 0.717) is 17.5 Å². The van der Waals surface area contributed by atoms with Crippen molar-refractivity contribution < 1.29 is 13.2 Å². The number of hydrogen-bond acceptors (Lipinski definition) is 3. The first kappa shape index (κ1) is 20.0. The average molecular weight is 389 g/mol. The zero-order valence-electron chi connectivity index (χ0n) is 16.3. The molecule has 0 aliphatic rings. The highest BCUT2D eigenvalue weighted by Gasteiger charge is 2.36. The maximum atomic E-state index is 13.5. The third-order valence-electron chi connectivity index (χ3n) is 5.25. The van der Waals surface area contributed by atoms with Gasteiger partial charge in [-0.2, -0.15) is 13.2 Å². The lowest BCUT2D eigenvalue weighted by Crippen LogP contribution is -2.24. The molecule has 0 saturated carbocycles. The highest BCUT2D eigenvalue weighted by molar-refractivity contribution is 5.78. The Bertz CT molecular complexity index is 1090. The van der Waals surface area contributed by atoms with Crippen molar-refractivity contribution >= 4 is 10.9 Å². The van der Waals surface area contributed by atoms with Crippen LogP contribution in [0.25, 0.3) is 10.9 Å². The molecular weight excluding hydrogens is 367 g/mol. The fourth-order valence-electron chi connectivity index (χ4n) is 3.69. The maximum Gasteiger partial charge on any atom is 0.418 e. The number of aryl methyl sites for hydroxylation is 2. The molecule has 28 heavy (non-hydrogen) atoms. The Hall–Kier alpha value is -2.70. The van der Waals surface area contributed by atoms with Crippen molar-refractivity contribution in [3.8, 4) is 0 Å². The molecule has 0 amide bonds. The molecule has 3 heterocycles. The molecule has 0 aromatic carbocycles. The SMILES string of the molecule is CCc1ncc(CC(C)c2cc3cnccc3n(C)c2=O)c(C)c1C(F)(F)F. The summed E-state index contributed by atoms with van der Waals surface area (Å²) < 4.78 is 42.1. The summed E-state index contributed by atoms with van der Waals surface area (Å²) in [6.07, 6.45) is 0.861. The minimum atomic E-state index is -4.45. The summed E-state index contributed by atoms with van der Waals surface area (Å²) in [4.78, 5) is 20.9. The summed E-state index contributed by atoms with van der Waals surface area (Å²) in [6.45, 7) is 4.99. The lowest BCUT2D eigenvalue weighted by atomic mass is 9.90. The third-order valence-corrected chi connectivity index (χ3v) is 5.25. The number of nitrogens with zero attached hydrogens (tertiary/aromatic N) is 3. The molecule has 0 N–H and O–H groups in total. The number of alkyl halides is 3. The smallest absolute Gasteiger partial charge is 0.311 e. The molecule has 0 spiro atoms. The van der Waals surface area contributed by atoms with Crippen LogP contribution in [0, 0.1) is 6.92 Å². The number of pyridine rings is 3. The van der Waals surface area contributed by atoms with E-state index in [1.807, 2.05) is 6.92 Å². The van der Waals surface area contributed by atoms with Crippen molar-refractivity contribution in [2.75, 3.05) is 0 Å². The van der Waals surface area contributed by atoms with E-state index >= 15 is 0 Å². The molecule has 1 unspecified atom stereocenters. The molecule has 0 radical (unpaired) electrons. The van der Waals surface area contributed by atoms with Gasteiger partial charge < -0.3 is 4.57 Å². The normalized spacial score (nSPS) is 13.1. The molecule has 148 valence electrons. The molecule has 3 aromatic rings. The van der Waals surface area contributed by atoms with E-state index in [1.165, 1.54) is 13.1 Å². The Balaban J connectivity index is 2.05. The highest BCUT2D eigenvalue weighted by Crippen LogP contribution is 2.36. The van der Waals surface area contributed by atoms with Crippen LogP contribution in [-0.4, -0.2) is 14.5 Å². The van der Waals surface area contributed by atoms with Crippen LogP contribution < -0.4 is 5.56 Å². The zero-order chi connectivity index (χ0) is 20.6. The van der Waals surface area contributed by atoms with Gasteiger partial charge in [0.15, 0.2) is 0 Å². The van der Waals surface area contributed by atoms with Crippen LogP contribution in [0.2, 0.25) is 0 Å². The topological polar surface area (TPSA) is 47.8 Å². The predicted octanol–water partition coefficient (Wildman–Crippen LogP) is 4.56. The van der Waals surface area contributed by atoms with Crippen LogP contribution in [0.3, 0.4) is 0 Å². The van der Waals surface area contributed by atoms with E-state index in [-0.39, 0.29) is 29.2 Å². The quantitative estimate of drug-likeness (QED) is 0.657. The number of aromatic nitrogens is 3. The van der Waals surface area contributed by atoms with Crippen molar-refractivity contribution in [3.05, 3.63) is 69.0 Å². The Morgan fingerprint density at radius 1 is 1.25 bits per heavy atom. The van der Waals surface area contributed by atoms with Crippen molar-refractivity contribution in [1.29, 1.82) is 0 Å². The van der Waals surface area contributed by atoms with Crippen LogP contribution in [-0.2, 0) is 26.1 Å². The van der Waals surface area contributed by atoms with E-state index in [0.717, 1.165) is 10.9 Å². The second-order valence-electron chi connectivity index (χ2n) is 7.08. The monoisotopic (exact) mass is 389 g/mol. The van der Waals surface area contributed by atoms with Gasteiger partial charge in [0.05, 0.1) is 16.8 Å². The van der Waals surface area contributed by atoms with Gasteiger partial charge in [-0.25, -0.2) is 0 Å². The van der Waals surface area contributed by atoms with E-state index in [9.17, 15) is 18.0 Å². The molecule has 0 saturated heterocycles. The lowest BCUT2D eigenvalue weighted by molar-refractivity contribution is -0.139. The van der Waals surface area contributed by atoms with Crippen LogP contribution in [0.5, 0.6) is 0 Å². The number of hydrogen-bond donors (Lipinski definition) is 0. The van der Waals surface area contributed by atoms with E-state index in [2.05, 4.69) is 9.97 Å². The van der Waals surface area contributed by atoms with Gasteiger partial charge in [-0.15, -0.1) is 0 Å². The van der Waals surface area contributed by atoms with Gasteiger partial charge in [0, 0.05) is 36.6 Å². The van der Waals surface area contributed by atoms with Crippen LogP contribution in [0.1, 0.15) is 47.7 Å². The Kier molecular flexibility index (Phi) is 5.28. The average Bonchev–Trinajstić information content (AvgIpc) is 2.64. The summed E-state index contributed by atoms with van der Waals surface area (Å²) in [5.74, 6) is -0.266. The standard InChI is InChI=1S/C21H22F3N3O/c1-5-17-19(21(22,23)24)13(3)14(11-26-17)8-12(2)16-9-15-10-25-7-6-18(15)27(4)20(16)28/h6-7,9-12H,5,8H2,1-4H3.